The van der Waals surface area contributed by atoms with Gasteiger partial charge in [0.2, 0.25) is 0 Å². The van der Waals surface area contributed by atoms with Crippen molar-refractivity contribution in [2.24, 2.45) is 0 Å². The van der Waals surface area contributed by atoms with Crippen LogP contribution in [0.5, 0.6) is 5.75 Å². The van der Waals surface area contributed by atoms with Gasteiger partial charge in [-0.05, 0) is 25.0 Å². The van der Waals surface area contributed by atoms with Crippen molar-refractivity contribution in [2.75, 3.05) is 13.7 Å². The van der Waals surface area contributed by atoms with Gasteiger partial charge >= 0.3 is 5.97 Å². The third kappa shape index (κ3) is 2.38. The van der Waals surface area contributed by atoms with Gasteiger partial charge in [-0.1, -0.05) is 6.07 Å². The van der Waals surface area contributed by atoms with E-state index in [4.69, 9.17) is 9.84 Å². The number of carboxylic acid groups (broad SMARTS) is 1. The summed E-state index contributed by atoms with van der Waals surface area (Å²) in [5, 5.41) is 9.04. The normalized spacial score (nSPS) is 18.4. The molecule has 0 radical (unpaired) electrons. The number of hydrogen-bond acceptors (Lipinski definition) is 3. The molecular weight excluding hydrogens is 253 g/mol. The Labute approximate surface area is 109 Å². The maximum absolute atomic E-state index is 14.0. The number of carbonyl (C=O) groups is 2. The van der Waals surface area contributed by atoms with Crippen LogP contribution in [0.25, 0.3) is 0 Å². The van der Waals surface area contributed by atoms with E-state index in [-0.39, 0.29) is 11.3 Å². The number of ether oxygens (including phenoxy) is 1. The molecule has 1 aliphatic rings. The standard InChI is InChI=1S/C13H14FNO4/c1-19-10-6-2-4-8(11(10)14)12(16)15-7-3-5-9(15)13(17)18/h2,4,6,9H,3,5,7H2,1H3,(H,17,18). The molecule has 0 spiro atoms. The number of carbonyl (C=O) groups excluding carboxylic acids is 1. The molecule has 0 bridgehead atoms. The number of carboxylic acids is 1. The summed E-state index contributed by atoms with van der Waals surface area (Å²) in [6.07, 6.45) is 1.00. The highest BCUT2D eigenvalue weighted by atomic mass is 19.1. The highest BCUT2D eigenvalue weighted by Crippen LogP contribution is 2.25. The number of benzene rings is 1. The van der Waals surface area contributed by atoms with Crippen LogP contribution in [0, 0.1) is 5.82 Å². The Bertz CT molecular complexity index is 517. The van der Waals surface area contributed by atoms with Gasteiger partial charge in [-0.3, -0.25) is 4.79 Å². The Morgan fingerprint density at radius 2 is 2.21 bits per heavy atom. The first-order chi connectivity index (χ1) is 9.06. The first kappa shape index (κ1) is 13.3. The fourth-order valence-electron chi connectivity index (χ4n) is 2.25. The molecule has 1 amide bonds. The first-order valence-corrected chi connectivity index (χ1v) is 5.92. The third-order valence-corrected chi connectivity index (χ3v) is 3.21. The number of nitrogens with zero attached hydrogens (tertiary/aromatic N) is 1. The Kier molecular flexibility index (Phi) is 3.69. The van der Waals surface area contributed by atoms with Crippen LogP contribution in [-0.4, -0.2) is 41.6 Å². The van der Waals surface area contributed by atoms with Gasteiger partial charge < -0.3 is 14.7 Å². The van der Waals surface area contributed by atoms with Gasteiger partial charge in [-0.25, -0.2) is 9.18 Å². The van der Waals surface area contributed by atoms with Crippen molar-refractivity contribution < 1.29 is 23.8 Å². The average molecular weight is 267 g/mol. The van der Waals surface area contributed by atoms with E-state index >= 15 is 0 Å². The molecule has 6 heteroatoms. The van der Waals surface area contributed by atoms with Crippen LogP contribution in [0.2, 0.25) is 0 Å². The van der Waals surface area contributed by atoms with E-state index < -0.39 is 23.7 Å². The summed E-state index contributed by atoms with van der Waals surface area (Å²) in [4.78, 5) is 24.5. The maximum Gasteiger partial charge on any atom is 0.326 e. The van der Waals surface area contributed by atoms with Gasteiger partial charge in [0.25, 0.3) is 5.91 Å². The van der Waals surface area contributed by atoms with Gasteiger partial charge in [-0.2, -0.15) is 0 Å². The van der Waals surface area contributed by atoms with E-state index in [1.807, 2.05) is 0 Å². The predicted molar refractivity (Wildman–Crippen MR) is 64.6 cm³/mol. The Morgan fingerprint density at radius 3 is 2.84 bits per heavy atom. The van der Waals surface area contributed by atoms with Crippen LogP contribution in [0.1, 0.15) is 23.2 Å². The lowest BCUT2D eigenvalue weighted by Crippen LogP contribution is -2.40. The molecule has 1 atom stereocenters. The highest BCUT2D eigenvalue weighted by Gasteiger charge is 2.35. The monoisotopic (exact) mass is 267 g/mol. The van der Waals surface area contributed by atoms with Crippen LogP contribution in [0.15, 0.2) is 18.2 Å². The molecule has 102 valence electrons. The molecule has 19 heavy (non-hydrogen) atoms. The zero-order valence-electron chi connectivity index (χ0n) is 10.4. The van der Waals surface area contributed by atoms with Crippen molar-refractivity contribution in [1.29, 1.82) is 0 Å². The molecule has 5 nitrogen and oxygen atoms in total. The lowest BCUT2D eigenvalue weighted by molar-refractivity contribution is -0.141. The molecular formula is C13H14FNO4. The number of likely N-dealkylation sites (tertiary alicyclic amines) is 1. The second-order valence-corrected chi connectivity index (χ2v) is 4.32. The summed E-state index contributed by atoms with van der Waals surface area (Å²) in [7, 11) is 1.31. The summed E-state index contributed by atoms with van der Waals surface area (Å²) in [5.74, 6) is -2.46. The van der Waals surface area contributed by atoms with Crippen LogP contribution >= 0.6 is 0 Å². The van der Waals surface area contributed by atoms with E-state index in [1.54, 1.807) is 0 Å². The molecule has 0 saturated carbocycles. The molecule has 0 aromatic heterocycles. The second-order valence-electron chi connectivity index (χ2n) is 4.32. The summed E-state index contributed by atoms with van der Waals surface area (Å²) in [5.41, 5.74) is -0.160. The topological polar surface area (TPSA) is 66.8 Å². The molecule has 1 aromatic carbocycles. The molecule has 1 N–H and O–H groups in total. The Morgan fingerprint density at radius 1 is 1.47 bits per heavy atom. The van der Waals surface area contributed by atoms with Crippen molar-refractivity contribution >= 4 is 11.9 Å². The van der Waals surface area contributed by atoms with Crippen LogP contribution in [0.4, 0.5) is 4.39 Å². The van der Waals surface area contributed by atoms with Gasteiger partial charge in [0.15, 0.2) is 11.6 Å². The van der Waals surface area contributed by atoms with Gasteiger partial charge in [0.1, 0.15) is 6.04 Å². The molecule has 1 aliphatic heterocycles. The number of methoxy groups -OCH3 is 1. The van der Waals surface area contributed by atoms with Gasteiger partial charge in [-0.15, -0.1) is 0 Å². The summed E-state index contributed by atoms with van der Waals surface area (Å²) < 4.78 is 18.8. The number of aliphatic carboxylic acids is 1. The fraction of sp³-hybridized carbons (Fsp3) is 0.385. The first-order valence-electron chi connectivity index (χ1n) is 5.92. The van der Waals surface area contributed by atoms with Crippen molar-refractivity contribution in [1.82, 2.24) is 4.90 Å². The minimum Gasteiger partial charge on any atom is -0.494 e. The summed E-state index contributed by atoms with van der Waals surface area (Å²) in [6, 6.07) is 3.36. The molecule has 1 saturated heterocycles. The lowest BCUT2D eigenvalue weighted by atomic mass is 10.1. The quantitative estimate of drug-likeness (QED) is 0.901. The molecule has 2 rings (SSSR count). The van der Waals surface area contributed by atoms with E-state index in [1.165, 1.54) is 30.2 Å². The SMILES string of the molecule is COc1cccc(C(=O)N2CCCC2C(=O)O)c1F. The third-order valence-electron chi connectivity index (χ3n) is 3.21. The zero-order valence-corrected chi connectivity index (χ0v) is 10.4. The smallest absolute Gasteiger partial charge is 0.326 e. The van der Waals surface area contributed by atoms with Crippen molar-refractivity contribution in [3.05, 3.63) is 29.6 Å². The predicted octanol–water partition coefficient (Wildman–Crippen LogP) is 1.52. The lowest BCUT2D eigenvalue weighted by Gasteiger charge is -2.21. The largest absolute Gasteiger partial charge is 0.494 e. The van der Waals surface area contributed by atoms with Crippen molar-refractivity contribution in [2.45, 2.75) is 18.9 Å². The summed E-state index contributed by atoms with van der Waals surface area (Å²) >= 11 is 0. The van der Waals surface area contributed by atoms with Crippen LogP contribution < -0.4 is 4.74 Å². The number of amides is 1. The van der Waals surface area contributed by atoms with Gasteiger partial charge in [0, 0.05) is 6.54 Å². The molecule has 1 unspecified atom stereocenters. The van der Waals surface area contributed by atoms with Crippen molar-refractivity contribution in [3.8, 4) is 5.75 Å². The van der Waals surface area contributed by atoms with E-state index in [0.29, 0.717) is 19.4 Å². The number of rotatable bonds is 3. The highest BCUT2D eigenvalue weighted by molar-refractivity contribution is 5.97. The van der Waals surface area contributed by atoms with Gasteiger partial charge in [0.05, 0.1) is 12.7 Å². The molecule has 1 heterocycles. The van der Waals surface area contributed by atoms with E-state index in [0.717, 1.165) is 0 Å². The zero-order chi connectivity index (χ0) is 14.0. The Hall–Kier alpha value is -2.11. The van der Waals surface area contributed by atoms with Crippen LogP contribution in [-0.2, 0) is 4.79 Å². The number of hydrogen-bond donors (Lipinski definition) is 1. The van der Waals surface area contributed by atoms with E-state index in [9.17, 15) is 14.0 Å². The van der Waals surface area contributed by atoms with E-state index in [2.05, 4.69) is 0 Å². The second kappa shape index (κ2) is 5.26. The average Bonchev–Trinajstić information content (AvgIpc) is 2.87. The minimum atomic E-state index is -1.06. The molecule has 0 aliphatic carbocycles. The van der Waals surface area contributed by atoms with Crippen molar-refractivity contribution in [3.63, 3.8) is 0 Å². The molecule has 1 aromatic rings. The number of halogens is 1. The fourth-order valence-corrected chi connectivity index (χ4v) is 2.25. The Balaban J connectivity index is 2.32. The minimum absolute atomic E-state index is 0.0306. The van der Waals surface area contributed by atoms with Crippen LogP contribution in [0.3, 0.4) is 0 Å². The summed E-state index contributed by atoms with van der Waals surface area (Å²) in [6.45, 7) is 0.326. The maximum atomic E-state index is 14.0. The molecule has 1 fully saturated rings.